The number of nitrogens with two attached hydrogens (primary N) is 2. The van der Waals surface area contributed by atoms with Gasteiger partial charge in [0.05, 0.1) is 15.4 Å². The maximum absolute atomic E-state index is 5.82. The average molecular weight is 199 g/mol. The number of hydrogen-bond acceptors (Lipinski definition) is 3. The zero-order chi connectivity index (χ0) is 8.72. The summed E-state index contributed by atoms with van der Waals surface area (Å²) in [6, 6.07) is 5.47. The SMILES string of the molecule is Nc1cc2cc(Cl)cc(N)c2s1. The van der Waals surface area contributed by atoms with Crippen molar-refractivity contribution in [2.24, 2.45) is 0 Å². The van der Waals surface area contributed by atoms with Crippen molar-refractivity contribution in [3.8, 4) is 0 Å². The maximum atomic E-state index is 5.82. The molecule has 0 bridgehead atoms. The van der Waals surface area contributed by atoms with Gasteiger partial charge in [-0.15, -0.1) is 11.3 Å². The lowest BCUT2D eigenvalue weighted by molar-refractivity contribution is 1.80. The van der Waals surface area contributed by atoms with Crippen LogP contribution in [0, 0.1) is 0 Å². The Hall–Kier alpha value is -0.930. The van der Waals surface area contributed by atoms with Gasteiger partial charge in [-0.05, 0) is 23.6 Å². The van der Waals surface area contributed by atoms with Gasteiger partial charge in [0.2, 0.25) is 0 Å². The zero-order valence-electron chi connectivity index (χ0n) is 6.17. The lowest BCUT2D eigenvalue weighted by atomic mass is 10.2. The summed E-state index contributed by atoms with van der Waals surface area (Å²) in [5, 5.41) is 2.43. The molecule has 0 saturated heterocycles. The predicted molar refractivity (Wildman–Crippen MR) is 55.7 cm³/mol. The molecular weight excluding hydrogens is 192 g/mol. The second-order valence-electron chi connectivity index (χ2n) is 2.56. The second kappa shape index (κ2) is 2.54. The summed E-state index contributed by atoms with van der Waals surface area (Å²) in [4.78, 5) is 0. The minimum Gasteiger partial charge on any atom is -0.398 e. The quantitative estimate of drug-likeness (QED) is 0.640. The van der Waals surface area contributed by atoms with Gasteiger partial charge in [0.25, 0.3) is 0 Å². The first-order valence-corrected chi connectivity index (χ1v) is 4.60. The Morgan fingerprint density at radius 2 is 1.92 bits per heavy atom. The van der Waals surface area contributed by atoms with E-state index in [9.17, 15) is 0 Å². The second-order valence-corrected chi connectivity index (χ2v) is 4.08. The standard InChI is InChI=1S/C8H7ClN2S/c9-5-1-4-2-7(11)12-8(4)6(10)3-5/h1-3H,10-11H2. The van der Waals surface area contributed by atoms with E-state index in [1.165, 1.54) is 11.3 Å². The molecule has 1 aromatic heterocycles. The molecule has 2 rings (SSSR count). The Kier molecular flexibility index (Phi) is 1.63. The van der Waals surface area contributed by atoms with E-state index in [1.807, 2.05) is 12.1 Å². The molecule has 0 unspecified atom stereocenters. The van der Waals surface area contributed by atoms with Crippen LogP contribution in [-0.2, 0) is 0 Å². The average Bonchev–Trinajstić information content (AvgIpc) is 2.29. The van der Waals surface area contributed by atoms with Crippen molar-refractivity contribution in [3.05, 3.63) is 23.2 Å². The number of hydrogen-bond donors (Lipinski definition) is 2. The highest BCUT2D eigenvalue weighted by Crippen LogP contribution is 2.34. The third-order valence-corrected chi connectivity index (χ3v) is 2.88. The summed E-state index contributed by atoms with van der Waals surface area (Å²) in [6.07, 6.45) is 0. The van der Waals surface area contributed by atoms with Gasteiger partial charge in [0, 0.05) is 5.02 Å². The van der Waals surface area contributed by atoms with Gasteiger partial charge in [-0.2, -0.15) is 0 Å². The van der Waals surface area contributed by atoms with Gasteiger partial charge in [0.1, 0.15) is 0 Å². The van der Waals surface area contributed by atoms with Gasteiger partial charge in [0.15, 0.2) is 0 Å². The lowest BCUT2D eigenvalue weighted by Gasteiger charge is -1.95. The van der Waals surface area contributed by atoms with Crippen LogP contribution < -0.4 is 11.5 Å². The highest BCUT2D eigenvalue weighted by atomic mass is 35.5. The molecule has 2 aromatic rings. The first kappa shape index (κ1) is 7.71. The smallest absolute Gasteiger partial charge is 0.0869 e. The number of benzene rings is 1. The topological polar surface area (TPSA) is 52.0 Å². The summed E-state index contributed by atoms with van der Waals surface area (Å²) in [7, 11) is 0. The van der Waals surface area contributed by atoms with Crippen LogP contribution in [-0.4, -0.2) is 0 Å². The Morgan fingerprint density at radius 3 is 2.67 bits per heavy atom. The molecular formula is C8H7ClN2S. The third-order valence-electron chi connectivity index (χ3n) is 1.63. The highest BCUT2D eigenvalue weighted by molar-refractivity contribution is 7.23. The van der Waals surface area contributed by atoms with Crippen LogP contribution in [0.5, 0.6) is 0 Å². The van der Waals surface area contributed by atoms with E-state index in [2.05, 4.69) is 0 Å². The first-order chi connectivity index (χ1) is 5.66. The lowest BCUT2D eigenvalue weighted by Crippen LogP contribution is -1.83. The summed E-state index contributed by atoms with van der Waals surface area (Å²) in [5.41, 5.74) is 12.1. The van der Waals surface area contributed by atoms with Crippen molar-refractivity contribution < 1.29 is 0 Å². The molecule has 0 atom stereocenters. The number of thiophene rings is 1. The molecule has 0 aliphatic rings. The minimum atomic E-state index is 0.651. The van der Waals surface area contributed by atoms with E-state index in [1.54, 1.807) is 6.07 Å². The van der Waals surface area contributed by atoms with Crippen molar-refractivity contribution in [2.75, 3.05) is 11.5 Å². The molecule has 62 valence electrons. The number of anilines is 2. The number of rotatable bonds is 0. The molecule has 0 radical (unpaired) electrons. The van der Waals surface area contributed by atoms with E-state index in [0.717, 1.165) is 15.1 Å². The van der Waals surface area contributed by atoms with Crippen molar-refractivity contribution in [3.63, 3.8) is 0 Å². The van der Waals surface area contributed by atoms with E-state index < -0.39 is 0 Å². The largest absolute Gasteiger partial charge is 0.398 e. The fourth-order valence-electron chi connectivity index (χ4n) is 1.16. The minimum absolute atomic E-state index is 0.651. The third kappa shape index (κ3) is 1.11. The molecule has 0 fully saturated rings. The number of nitrogen functional groups attached to an aromatic ring is 2. The van der Waals surface area contributed by atoms with Crippen molar-refractivity contribution >= 4 is 43.7 Å². The summed E-state index contributed by atoms with van der Waals surface area (Å²) in [5.74, 6) is 0. The van der Waals surface area contributed by atoms with E-state index >= 15 is 0 Å². The summed E-state index contributed by atoms with van der Waals surface area (Å²) >= 11 is 7.30. The molecule has 0 spiro atoms. The van der Waals surface area contributed by atoms with Crippen LogP contribution in [0.1, 0.15) is 0 Å². The number of halogens is 1. The van der Waals surface area contributed by atoms with Gasteiger partial charge >= 0.3 is 0 Å². The summed E-state index contributed by atoms with van der Waals surface area (Å²) < 4.78 is 1.01. The van der Waals surface area contributed by atoms with Crippen molar-refractivity contribution in [1.29, 1.82) is 0 Å². The number of fused-ring (bicyclic) bond motifs is 1. The molecule has 4 N–H and O–H groups in total. The normalized spacial score (nSPS) is 10.8. The monoisotopic (exact) mass is 198 g/mol. The Morgan fingerprint density at radius 1 is 1.17 bits per heavy atom. The first-order valence-electron chi connectivity index (χ1n) is 3.41. The van der Waals surface area contributed by atoms with Gasteiger partial charge in [-0.3, -0.25) is 0 Å². The zero-order valence-corrected chi connectivity index (χ0v) is 7.75. The van der Waals surface area contributed by atoms with Gasteiger partial charge in [-0.1, -0.05) is 11.6 Å². The van der Waals surface area contributed by atoms with Crippen molar-refractivity contribution in [1.82, 2.24) is 0 Å². The Balaban J connectivity index is 2.88. The molecule has 2 nitrogen and oxygen atoms in total. The van der Waals surface area contributed by atoms with Crippen LogP contribution >= 0.6 is 22.9 Å². The van der Waals surface area contributed by atoms with Crippen LogP contribution in [0.4, 0.5) is 10.7 Å². The predicted octanol–water partition coefficient (Wildman–Crippen LogP) is 2.72. The van der Waals surface area contributed by atoms with Crippen LogP contribution in [0.3, 0.4) is 0 Å². The molecule has 4 heteroatoms. The molecule has 0 aliphatic carbocycles. The van der Waals surface area contributed by atoms with E-state index in [-0.39, 0.29) is 0 Å². The summed E-state index contributed by atoms with van der Waals surface area (Å²) in [6.45, 7) is 0. The fraction of sp³-hybridized carbons (Fsp3) is 0. The molecule has 12 heavy (non-hydrogen) atoms. The van der Waals surface area contributed by atoms with E-state index in [0.29, 0.717) is 10.7 Å². The van der Waals surface area contributed by atoms with Gasteiger partial charge in [-0.25, -0.2) is 0 Å². The highest BCUT2D eigenvalue weighted by Gasteiger charge is 2.03. The van der Waals surface area contributed by atoms with Crippen molar-refractivity contribution in [2.45, 2.75) is 0 Å². The molecule has 0 saturated carbocycles. The molecule has 0 amide bonds. The molecule has 0 aliphatic heterocycles. The fourth-order valence-corrected chi connectivity index (χ4v) is 2.23. The Bertz CT molecular complexity index is 436. The molecule has 1 heterocycles. The molecule has 1 aromatic carbocycles. The van der Waals surface area contributed by atoms with Crippen LogP contribution in [0.2, 0.25) is 5.02 Å². The van der Waals surface area contributed by atoms with Crippen LogP contribution in [0.25, 0.3) is 10.1 Å². The van der Waals surface area contributed by atoms with Gasteiger partial charge < -0.3 is 11.5 Å². The van der Waals surface area contributed by atoms with Crippen LogP contribution in [0.15, 0.2) is 18.2 Å². The van der Waals surface area contributed by atoms with E-state index in [4.69, 9.17) is 23.1 Å². The Labute approximate surface area is 78.7 Å². The maximum Gasteiger partial charge on any atom is 0.0869 e.